The second-order valence-corrected chi connectivity index (χ2v) is 8.06. The van der Waals surface area contributed by atoms with Gasteiger partial charge in [0.25, 0.3) is 5.91 Å². The van der Waals surface area contributed by atoms with Gasteiger partial charge >= 0.3 is 6.09 Å². The van der Waals surface area contributed by atoms with Gasteiger partial charge in [-0.2, -0.15) is 0 Å². The number of nitrogens with one attached hydrogen (secondary N) is 1. The minimum Gasteiger partial charge on any atom is -0.465 e. The summed E-state index contributed by atoms with van der Waals surface area (Å²) in [6, 6.07) is 14.9. The molecule has 0 spiro atoms. The van der Waals surface area contributed by atoms with Crippen LogP contribution in [0.4, 0.5) is 20.8 Å². The Bertz CT molecular complexity index is 1440. The molecule has 2 heterocycles. The third-order valence-electron chi connectivity index (χ3n) is 5.64. The topological polar surface area (TPSA) is 110 Å². The molecule has 33 heavy (non-hydrogen) atoms. The molecule has 1 atom stereocenters. The summed E-state index contributed by atoms with van der Waals surface area (Å²) in [6.07, 6.45) is -1.20. The smallest absolute Gasteiger partial charge is 0.413 e. The highest BCUT2D eigenvalue weighted by Crippen LogP contribution is 2.45. The van der Waals surface area contributed by atoms with Gasteiger partial charge in [0.05, 0.1) is 16.7 Å². The van der Waals surface area contributed by atoms with E-state index in [9.17, 15) is 24.2 Å². The van der Waals surface area contributed by atoms with Crippen molar-refractivity contribution in [3.8, 4) is 0 Å². The Kier molecular flexibility index (Phi) is 4.62. The molecule has 0 saturated heterocycles. The highest BCUT2D eigenvalue weighted by Gasteiger charge is 2.51. The van der Waals surface area contributed by atoms with Crippen molar-refractivity contribution in [2.24, 2.45) is 0 Å². The van der Waals surface area contributed by atoms with Crippen LogP contribution in [0.5, 0.6) is 0 Å². The van der Waals surface area contributed by atoms with Crippen LogP contribution in [-0.2, 0) is 5.72 Å². The lowest BCUT2D eigenvalue weighted by Crippen LogP contribution is -2.45. The molecule has 1 aliphatic rings. The minimum absolute atomic E-state index is 0.0696. The number of imidazole rings is 1. The molecule has 1 aliphatic heterocycles. The van der Waals surface area contributed by atoms with Crippen molar-refractivity contribution in [3.05, 3.63) is 88.2 Å². The Hall–Kier alpha value is -3.95. The van der Waals surface area contributed by atoms with Gasteiger partial charge in [-0.05, 0) is 36.4 Å². The summed E-state index contributed by atoms with van der Waals surface area (Å²) in [4.78, 5) is 33.8. The van der Waals surface area contributed by atoms with Crippen LogP contribution >= 0.6 is 11.6 Å². The van der Waals surface area contributed by atoms with Gasteiger partial charge < -0.3 is 15.2 Å². The number of hydrogen-bond acceptors (Lipinski definition) is 4. The number of H-pyrrole nitrogens is 1. The lowest BCUT2D eigenvalue weighted by Gasteiger charge is -2.35. The number of nitrogens with zero attached hydrogens (tertiary/aromatic N) is 3. The minimum atomic E-state index is -1.99. The largest absolute Gasteiger partial charge is 0.465 e. The summed E-state index contributed by atoms with van der Waals surface area (Å²) in [6.45, 7) is 0. The Labute approximate surface area is 191 Å². The Morgan fingerprint density at radius 3 is 2.67 bits per heavy atom. The molecule has 10 heteroatoms. The van der Waals surface area contributed by atoms with E-state index in [-0.39, 0.29) is 27.8 Å². The molecule has 0 saturated carbocycles. The number of rotatable bonds is 3. The first kappa shape index (κ1) is 20.9. The van der Waals surface area contributed by atoms with Crippen molar-refractivity contribution in [3.63, 3.8) is 0 Å². The average Bonchev–Trinajstić information content (AvgIpc) is 3.30. The maximum Gasteiger partial charge on any atom is 0.413 e. The highest BCUT2D eigenvalue weighted by molar-refractivity contribution is 6.31. The van der Waals surface area contributed by atoms with Crippen LogP contribution in [0.15, 0.2) is 60.7 Å². The number of benzene rings is 3. The molecule has 5 rings (SSSR count). The number of aromatic amines is 1. The Balaban J connectivity index is 1.73. The zero-order valence-electron chi connectivity index (χ0n) is 17.1. The van der Waals surface area contributed by atoms with E-state index in [1.54, 1.807) is 42.5 Å². The van der Waals surface area contributed by atoms with Crippen molar-refractivity contribution in [2.45, 2.75) is 5.72 Å². The molecule has 3 aromatic carbocycles. The van der Waals surface area contributed by atoms with Gasteiger partial charge in [-0.3, -0.25) is 14.6 Å². The van der Waals surface area contributed by atoms with Crippen molar-refractivity contribution in [1.82, 2.24) is 9.97 Å². The highest BCUT2D eigenvalue weighted by atomic mass is 35.5. The van der Waals surface area contributed by atoms with Gasteiger partial charge in [0.1, 0.15) is 5.82 Å². The summed E-state index contributed by atoms with van der Waals surface area (Å²) >= 11 is 6.04. The molecule has 0 fully saturated rings. The third-order valence-corrected chi connectivity index (χ3v) is 5.86. The predicted molar refractivity (Wildman–Crippen MR) is 120 cm³/mol. The van der Waals surface area contributed by atoms with Crippen molar-refractivity contribution < 1.29 is 24.2 Å². The quantitative estimate of drug-likeness (QED) is 0.416. The van der Waals surface area contributed by atoms with Gasteiger partial charge in [-0.25, -0.2) is 14.2 Å². The van der Waals surface area contributed by atoms with E-state index in [1.165, 1.54) is 13.1 Å². The molecule has 166 valence electrons. The fraction of sp³-hybridized carbons (Fsp3) is 0.0870. The molecule has 4 aromatic rings. The number of anilines is 2. The second kappa shape index (κ2) is 7.29. The molecule has 0 radical (unpaired) electrons. The average molecular weight is 467 g/mol. The summed E-state index contributed by atoms with van der Waals surface area (Å²) in [7, 11) is 1.34. The van der Waals surface area contributed by atoms with Gasteiger partial charge in [-0.1, -0.05) is 35.9 Å². The number of hydrogen-bond donors (Lipinski definition) is 3. The first-order chi connectivity index (χ1) is 15.7. The predicted octanol–water partition coefficient (Wildman–Crippen LogP) is 4.32. The van der Waals surface area contributed by atoms with Crippen LogP contribution in [0, 0.1) is 5.82 Å². The number of carbonyl (C=O) groups is 2. The van der Waals surface area contributed by atoms with Crippen LogP contribution in [-0.4, -0.2) is 39.2 Å². The van der Waals surface area contributed by atoms with E-state index < -0.39 is 23.5 Å². The first-order valence-corrected chi connectivity index (χ1v) is 10.2. The fourth-order valence-electron chi connectivity index (χ4n) is 4.08. The zero-order valence-corrected chi connectivity index (χ0v) is 17.8. The third kappa shape index (κ3) is 3.12. The summed E-state index contributed by atoms with van der Waals surface area (Å²) < 4.78 is 14.2. The van der Waals surface area contributed by atoms with Gasteiger partial charge in [-0.15, -0.1) is 0 Å². The summed E-state index contributed by atoms with van der Waals surface area (Å²) in [5, 5.41) is 21.3. The van der Waals surface area contributed by atoms with Crippen LogP contribution in [0.2, 0.25) is 5.02 Å². The lowest BCUT2D eigenvalue weighted by atomic mass is 9.93. The fourth-order valence-corrected chi connectivity index (χ4v) is 4.29. The van der Waals surface area contributed by atoms with E-state index >= 15 is 0 Å². The molecule has 2 amide bonds. The molecule has 3 N–H and O–H groups in total. The van der Waals surface area contributed by atoms with Crippen molar-refractivity contribution in [1.29, 1.82) is 0 Å². The van der Waals surface area contributed by atoms with Crippen LogP contribution in [0.25, 0.3) is 11.0 Å². The molecule has 0 bridgehead atoms. The lowest BCUT2D eigenvalue weighted by molar-refractivity contribution is 0.0704. The van der Waals surface area contributed by atoms with Crippen LogP contribution in [0.1, 0.15) is 21.5 Å². The number of aromatic nitrogens is 2. The molecular weight excluding hydrogens is 451 g/mol. The Morgan fingerprint density at radius 2 is 1.94 bits per heavy atom. The van der Waals surface area contributed by atoms with E-state index in [4.69, 9.17) is 11.6 Å². The van der Waals surface area contributed by atoms with Gasteiger partial charge in [0.2, 0.25) is 5.95 Å². The number of carbonyl (C=O) groups excluding carboxylic acids is 1. The van der Waals surface area contributed by atoms with Crippen LogP contribution in [0.3, 0.4) is 0 Å². The van der Waals surface area contributed by atoms with Gasteiger partial charge in [0, 0.05) is 28.8 Å². The molecule has 8 nitrogen and oxygen atoms in total. The monoisotopic (exact) mass is 466 g/mol. The van der Waals surface area contributed by atoms with Crippen molar-refractivity contribution in [2.75, 3.05) is 16.8 Å². The second-order valence-electron chi connectivity index (χ2n) is 7.62. The summed E-state index contributed by atoms with van der Waals surface area (Å²) in [5.74, 6) is -1.09. The van der Waals surface area contributed by atoms with E-state index in [1.807, 2.05) is 0 Å². The number of amides is 2. The van der Waals surface area contributed by atoms with E-state index in [0.29, 0.717) is 16.6 Å². The molecule has 1 aromatic heterocycles. The van der Waals surface area contributed by atoms with E-state index in [2.05, 4.69) is 9.97 Å². The van der Waals surface area contributed by atoms with E-state index in [0.717, 1.165) is 21.9 Å². The van der Waals surface area contributed by atoms with Gasteiger partial charge in [0.15, 0.2) is 5.72 Å². The van der Waals surface area contributed by atoms with Crippen molar-refractivity contribution >= 4 is 46.3 Å². The molecular formula is C23H16ClFN4O4. The zero-order chi connectivity index (χ0) is 23.5. The Morgan fingerprint density at radius 1 is 1.18 bits per heavy atom. The number of carboxylic acid groups (broad SMARTS) is 1. The maximum absolute atomic E-state index is 14.2. The standard InChI is InChI=1S/C23H16ClFN4O4/c1-28(22(31)32)21-26-18-7-6-12(8-19(18)27-21)23(33)17-5-3-2-4-16(17)20(30)29(23)15-10-13(24)9-14(25)11-15/h2-11,33H,1H3,(H,26,27)(H,31,32). The normalized spacial score (nSPS) is 17.5. The van der Waals surface area contributed by atoms with Crippen LogP contribution < -0.4 is 9.80 Å². The number of halogens is 2. The SMILES string of the molecule is CN(C(=O)O)c1nc2cc(C3(O)c4ccccc4C(=O)N3c3cc(F)cc(Cl)c3)ccc2[nH]1. The summed E-state index contributed by atoms with van der Waals surface area (Å²) in [5.41, 5.74) is -0.151. The number of fused-ring (bicyclic) bond motifs is 2. The number of aliphatic hydroxyl groups is 1. The molecule has 0 aliphatic carbocycles. The molecule has 1 unspecified atom stereocenters. The first-order valence-electron chi connectivity index (χ1n) is 9.79. The maximum atomic E-state index is 14.2.